The maximum Gasteiger partial charge on any atom is 0.320 e. The highest BCUT2D eigenvalue weighted by Gasteiger charge is 2.29. The molecule has 0 aromatic heterocycles. The zero-order valence-corrected chi connectivity index (χ0v) is 12.9. The highest BCUT2D eigenvalue weighted by molar-refractivity contribution is 9.10. The van der Waals surface area contributed by atoms with Gasteiger partial charge in [0, 0.05) is 4.47 Å². The summed E-state index contributed by atoms with van der Waals surface area (Å²) < 4.78 is 23.6. The topological polar surface area (TPSA) is 52.6 Å². The van der Waals surface area contributed by atoms with Crippen LogP contribution in [0.2, 0.25) is 0 Å². The lowest BCUT2D eigenvalue weighted by Gasteiger charge is -2.14. The van der Waals surface area contributed by atoms with Crippen molar-refractivity contribution in [1.82, 2.24) is 0 Å². The molecule has 0 saturated carbocycles. The van der Waals surface area contributed by atoms with Crippen molar-refractivity contribution in [3.8, 4) is 0 Å². The van der Waals surface area contributed by atoms with Gasteiger partial charge in [-0.15, -0.1) is 0 Å². The fourth-order valence-corrected chi connectivity index (χ4v) is 2.23. The molecule has 6 heteroatoms. The van der Waals surface area contributed by atoms with Crippen molar-refractivity contribution in [2.24, 2.45) is 5.92 Å². The minimum Gasteiger partial charge on any atom is -0.465 e. The molecule has 0 radical (unpaired) electrons. The average molecular weight is 347 g/mol. The van der Waals surface area contributed by atoms with Crippen molar-refractivity contribution in [3.63, 3.8) is 0 Å². The molecular weight excluding hydrogens is 331 g/mol. The van der Waals surface area contributed by atoms with Crippen LogP contribution in [0.4, 0.5) is 4.39 Å². The lowest BCUT2D eigenvalue weighted by molar-refractivity contribution is -0.161. The Bertz CT molecular complexity index is 452. The summed E-state index contributed by atoms with van der Waals surface area (Å²) in [5.74, 6) is -2.85. The Morgan fingerprint density at radius 2 is 1.70 bits per heavy atom. The van der Waals surface area contributed by atoms with E-state index in [1.165, 1.54) is 12.1 Å². The average Bonchev–Trinajstić information content (AvgIpc) is 2.35. The highest BCUT2D eigenvalue weighted by atomic mass is 79.9. The highest BCUT2D eigenvalue weighted by Crippen LogP contribution is 2.19. The van der Waals surface area contributed by atoms with E-state index in [-0.39, 0.29) is 19.6 Å². The van der Waals surface area contributed by atoms with Crippen LogP contribution in [0.5, 0.6) is 0 Å². The van der Waals surface area contributed by atoms with Crippen LogP contribution in [-0.4, -0.2) is 25.2 Å². The van der Waals surface area contributed by atoms with Gasteiger partial charge in [-0.3, -0.25) is 9.59 Å². The standard InChI is InChI=1S/C14H16BrFO4/c1-3-19-13(17)12(14(18)20-4-2)7-9-5-10(15)8-11(16)6-9/h5-6,8,12H,3-4,7H2,1-2H3. The first-order valence-corrected chi connectivity index (χ1v) is 7.05. The number of carbonyl (C=O) groups excluding carboxylic acids is 2. The molecule has 20 heavy (non-hydrogen) atoms. The van der Waals surface area contributed by atoms with Crippen molar-refractivity contribution in [2.75, 3.05) is 13.2 Å². The van der Waals surface area contributed by atoms with Crippen molar-refractivity contribution >= 4 is 27.9 Å². The summed E-state index contributed by atoms with van der Waals surface area (Å²) >= 11 is 3.17. The Labute approximate surface area is 125 Å². The molecule has 110 valence electrons. The third kappa shape index (κ3) is 4.92. The Balaban J connectivity index is 2.93. The summed E-state index contributed by atoms with van der Waals surface area (Å²) in [7, 11) is 0. The van der Waals surface area contributed by atoms with Gasteiger partial charge in [-0.25, -0.2) is 4.39 Å². The van der Waals surface area contributed by atoms with Crippen molar-refractivity contribution in [2.45, 2.75) is 20.3 Å². The quantitative estimate of drug-likeness (QED) is 0.587. The number of hydrogen-bond donors (Lipinski definition) is 0. The summed E-state index contributed by atoms with van der Waals surface area (Å²) in [6, 6.07) is 4.22. The van der Waals surface area contributed by atoms with Crippen molar-refractivity contribution in [3.05, 3.63) is 34.1 Å². The second-order valence-electron chi connectivity index (χ2n) is 4.04. The SMILES string of the molecule is CCOC(=O)C(Cc1cc(F)cc(Br)c1)C(=O)OCC. The molecule has 0 heterocycles. The van der Waals surface area contributed by atoms with E-state index < -0.39 is 23.7 Å². The van der Waals surface area contributed by atoms with Gasteiger partial charge in [-0.2, -0.15) is 0 Å². The van der Waals surface area contributed by atoms with E-state index in [9.17, 15) is 14.0 Å². The number of rotatable bonds is 6. The summed E-state index contributed by atoms with van der Waals surface area (Å²) in [6.07, 6.45) is 0.0357. The Kier molecular flexibility index (Phi) is 6.64. The van der Waals surface area contributed by atoms with E-state index in [0.717, 1.165) is 0 Å². The van der Waals surface area contributed by atoms with E-state index in [1.54, 1.807) is 19.9 Å². The minimum atomic E-state index is -1.08. The molecule has 0 atom stereocenters. The zero-order chi connectivity index (χ0) is 15.1. The Hall–Kier alpha value is -1.43. The second kappa shape index (κ2) is 7.99. The predicted molar refractivity (Wildman–Crippen MR) is 74.6 cm³/mol. The number of carbonyl (C=O) groups is 2. The van der Waals surface area contributed by atoms with Crippen molar-refractivity contribution < 1.29 is 23.5 Å². The monoisotopic (exact) mass is 346 g/mol. The van der Waals surface area contributed by atoms with Crippen LogP contribution in [0.15, 0.2) is 22.7 Å². The second-order valence-corrected chi connectivity index (χ2v) is 4.95. The van der Waals surface area contributed by atoms with Gasteiger partial charge in [-0.05, 0) is 44.0 Å². The van der Waals surface area contributed by atoms with Gasteiger partial charge in [0.15, 0.2) is 5.92 Å². The number of halogens is 2. The van der Waals surface area contributed by atoms with Crippen LogP contribution >= 0.6 is 15.9 Å². The van der Waals surface area contributed by atoms with E-state index >= 15 is 0 Å². The van der Waals surface area contributed by atoms with Crippen LogP contribution < -0.4 is 0 Å². The smallest absolute Gasteiger partial charge is 0.320 e. The minimum absolute atomic E-state index is 0.0357. The molecule has 4 nitrogen and oxygen atoms in total. The first-order chi connectivity index (χ1) is 9.47. The maximum absolute atomic E-state index is 13.3. The molecule has 0 spiro atoms. The summed E-state index contributed by atoms with van der Waals surface area (Å²) in [5.41, 5.74) is 0.517. The lowest BCUT2D eigenvalue weighted by Crippen LogP contribution is -2.30. The Morgan fingerprint density at radius 1 is 1.15 bits per heavy atom. The fourth-order valence-electron chi connectivity index (χ4n) is 1.71. The van der Waals surface area contributed by atoms with Crippen LogP contribution in [0, 0.1) is 11.7 Å². The largest absolute Gasteiger partial charge is 0.465 e. The number of esters is 2. The molecule has 0 saturated heterocycles. The first kappa shape index (κ1) is 16.6. The molecule has 0 fully saturated rings. The molecule has 0 amide bonds. The molecule has 0 unspecified atom stereocenters. The van der Waals surface area contributed by atoms with E-state index in [1.807, 2.05) is 0 Å². The number of hydrogen-bond acceptors (Lipinski definition) is 4. The fraction of sp³-hybridized carbons (Fsp3) is 0.429. The molecule has 0 aliphatic heterocycles. The van der Waals surface area contributed by atoms with Gasteiger partial charge in [0.25, 0.3) is 0 Å². The summed E-state index contributed by atoms with van der Waals surface area (Å²) in [5, 5.41) is 0. The van der Waals surface area contributed by atoms with Gasteiger partial charge in [0.05, 0.1) is 13.2 Å². The Morgan fingerprint density at radius 3 is 2.15 bits per heavy atom. The van der Waals surface area contributed by atoms with E-state index in [0.29, 0.717) is 10.0 Å². The van der Waals surface area contributed by atoms with Crippen molar-refractivity contribution in [1.29, 1.82) is 0 Å². The molecule has 0 bridgehead atoms. The molecule has 0 N–H and O–H groups in total. The van der Waals surface area contributed by atoms with Gasteiger partial charge >= 0.3 is 11.9 Å². The summed E-state index contributed by atoms with van der Waals surface area (Å²) in [4.78, 5) is 23.6. The molecule has 1 aromatic carbocycles. The van der Waals surface area contributed by atoms with Crippen LogP contribution in [-0.2, 0) is 25.5 Å². The normalized spacial score (nSPS) is 10.4. The van der Waals surface area contributed by atoms with E-state index in [2.05, 4.69) is 15.9 Å². The number of ether oxygens (including phenoxy) is 2. The van der Waals surface area contributed by atoms with E-state index in [4.69, 9.17) is 9.47 Å². The van der Waals surface area contributed by atoms with Crippen LogP contribution in [0.25, 0.3) is 0 Å². The summed E-state index contributed by atoms with van der Waals surface area (Å²) in [6.45, 7) is 3.64. The third-order valence-electron chi connectivity index (χ3n) is 2.50. The van der Waals surface area contributed by atoms with Crippen LogP contribution in [0.3, 0.4) is 0 Å². The first-order valence-electron chi connectivity index (χ1n) is 6.26. The zero-order valence-electron chi connectivity index (χ0n) is 11.3. The van der Waals surface area contributed by atoms with Gasteiger partial charge < -0.3 is 9.47 Å². The van der Waals surface area contributed by atoms with Crippen LogP contribution in [0.1, 0.15) is 19.4 Å². The van der Waals surface area contributed by atoms with Gasteiger partial charge in [-0.1, -0.05) is 15.9 Å². The molecule has 0 aliphatic carbocycles. The third-order valence-corrected chi connectivity index (χ3v) is 2.96. The number of benzene rings is 1. The predicted octanol–water partition coefficient (Wildman–Crippen LogP) is 2.87. The lowest BCUT2D eigenvalue weighted by atomic mass is 9.99. The molecular formula is C14H16BrFO4. The maximum atomic E-state index is 13.3. The molecule has 1 aromatic rings. The van der Waals surface area contributed by atoms with Gasteiger partial charge in [0.1, 0.15) is 5.82 Å². The molecule has 0 aliphatic rings. The van der Waals surface area contributed by atoms with Gasteiger partial charge in [0.2, 0.25) is 0 Å². The molecule has 1 rings (SSSR count).